The number of hydrogen-bond acceptors (Lipinski definition) is 3. The Kier molecular flexibility index (Phi) is 4.81. The van der Waals surface area contributed by atoms with E-state index in [4.69, 9.17) is 11.6 Å². The fourth-order valence-electron chi connectivity index (χ4n) is 3.23. The van der Waals surface area contributed by atoms with Gasteiger partial charge in [-0.05, 0) is 42.5 Å². The van der Waals surface area contributed by atoms with Crippen LogP contribution in [0.4, 0.5) is 10.1 Å². The van der Waals surface area contributed by atoms with Gasteiger partial charge in [0.15, 0.2) is 0 Å². The molecular formula is C20H18ClFN4O. The van der Waals surface area contributed by atoms with E-state index in [1.54, 1.807) is 23.1 Å². The smallest absolute Gasteiger partial charge is 0.272 e. The molecule has 5 nitrogen and oxygen atoms in total. The topological polar surface area (TPSA) is 52.2 Å². The molecule has 1 saturated heterocycles. The summed E-state index contributed by atoms with van der Waals surface area (Å²) in [6, 6.07) is 15.5. The molecule has 4 rings (SSSR count). The summed E-state index contributed by atoms with van der Waals surface area (Å²) in [4.78, 5) is 16.7. The summed E-state index contributed by atoms with van der Waals surface area (Å²) in [6.07, 6.45) is 0. The highest BCUT2D eigenvalue weighted by Crippen LogP contribution is 2.26. The van der Waals surface area contributed by atoms with E-state index in [-0.39, 0.29) is 11.7 Å². The maximum atomic E-state index is 13.1. The van der Waals surface area contributed by atoms with Crippen molar-refractivity contribution < 1.29 is 9.18 Å². The zero-order valence-corrected chi connectivity index (χ0v) is 15.3. The monoisotopic (exact) mass is 384 g/mol. The van der Waals surface area contributed by atoms with Gasteiger partial charge in [0, 0.05) is 31.7 Å². The lowest BCUT2D eigenvalue weighted by Crippen LogP contribution is -2.49. The highest BCUT2D eigenvalue weighted by molar-refractivity contribution is 6.33. The molecule has 138 valence electrons. The zero-order valence-electron chi connectivity index (χ0n) is 14.5. The number of nitrogens with zero attached hydrogens (tertiary/aromatic N) is 3. The number of H-pyrrole nitrogens is 1. The Balaban J connectivity index is 1.43. The lowest BCUT2D eigenvalue weighted by atomic mass is 10.1. The first-order valence-corrected chi connectivity index (χ1v) is 9.10. The highest BCUT2D eigenvalue weighted by atomic mass is 35.5. The second-order valence-electron chi connectivity index (χ2n) is 6.40. The number of aromatic amines is 1. The summed E-state index contributed by atoms with van der Waals surface area (Å²) in [7, 11) is 0. The Morgan fingerprint density at radius 1 is 1.04 bits per heavy atom. The Labute approximate surface area is 161 Å². The number of nitrogens with one attached hydrogen (secondary N) is 1. The van der Waals surface area contributed by atoms with Crippen LogP contribution >= 0.6 is 11.6 Å². The number of carbonyl (C=O) groups is 1. The normalized spacial score (nSPS) is 14.4. The molecule has 1 N–H and O–H groups in total. The van der Waals surface area contributed by atoms with Gasteiger partial charge in [-0.25, -0.2) is 4.39 Å². The third-order valence-corrected chi connectivity index (χ3v) is 5.03. The van der Waals surface area contributed by atoms with Crippen molar-refractivity contribution in [1.29, 1.82) is 0 Å². The molecule has 1 aliphatic heterocycles. The molecule has 1 fully saturated rings. The van der Waals surface area contributed by atoms with Crippen LogP contribution < -0.4 is 4.90 Å². The third kappa shape index (κ3) is 3.66. The number of halogens is 2. The van der Waals surface area contributed by atoms with E-state index < -0.39 is 0 Å². The minimum atomic E-state index is -0.304. The number of para-hydroxylation sites is 1. The van der Waals surface area contributed by atoms with Gasteiger partial charge in [0.25, 0.3) is 5.91 Å². The summed E-state index contributed by atoms with van der Waals surface area (Å²) in [5, 5.41) is 7.70. The number of carbonyl (C=O) groups excluding carboxylic acids is 1. The molecule has 1 amide bonds. The van der Waals surface area contributed by atoms with Crippen LogP contribution in [0.2, 0.25) is 5.02 Å². The van der Waals surface area contributed by atoms with Crippen molar-refractivity contribution in [3.63, 3.8) is 0 Å². The van der Waals surface area contributed by atoms with Gasteiger partial charge in [-0.2, -0.15) is 5.10 Å². The largest absolute Gasteiger partial charge is 0.367 e. The number of anilines is 1. The van der Waals surface area contributed by atoms with Gasteiger partial charge in [0.2, 0.25) is 0 Å². The molecule has 3 aromatic rings. The van der Waals surface area contributed by atoms with E-state index in [2.05, 4.69) is 15.1 Å². The van der Waals surface area contributed by atoms with Gasteiger partial charge in [-0.3, -0.25) is 9.89 Å². The summed E-state index contributed by atoms with van der Waals surface area (Å²) in [5.74, 6) is -0.392. The second kappa shape index (κ2) is 7.40. The van der Waals surface area contributed by atoms with Gasteiger partial charge >= 0.3 is 0 Å². The number of benzene rings is 2. The lowest BCUT2D eigenvalue weighted by molar-refractivity contribution is 0.0741. The molecular weight excluding hydrogens is 367 g/mol. The van der Waals surface area contributed by atoms with Crippen molar-refractivity contribution >= 4 is 23.2 Å². The summed E-state index contributed by atoms with van der Waals surface area (Å²) in [5.41, 5.74) is 2.80. The zero-order chi connectivity index (χ0) is 18.8. The minimum absolute atomic E-state index is 0.0883. The Bertz CT molecular complexity index is 949. The molecule has 27 heavy (non-hydrogen) atoms. The average molecular weight is 385 g/mol. The number of piperazine rings is 1. The number of hydrogen-bond donors (Lipinski definition) is 1. The van der Waals surface area contributed by atoms with E-state index >= 15 is 0 Å². The van der Waals surface area contributed by atoms with Crippen molar-refractivity contribution in [3.8, 4) is 11.3 Å². The molecule has 0 aliphatic carbocycles. The van der Waals surface area contributed by atoms with Crippen molar-refractivity contribution in [2.45, 2.75) is 0 Å². The first kappa shape index (κ1) is 17.5. The van der Waals surface area contributed by atoms with E-state index in [1.807, 2.05) is 24.3 Å². The first-order chi connectivity index (χ1) is 13.1. The van der Waals surface area contributed by atoms with Crippen LogP contribution in [-0.4, -0.2) is 47.2 Å². The number of amides is 1. The van der Waals surface area contributed by atoms with E-state index in [0.29, 0.717) is 37.6 Å². The molecule has 1 aromatic heterocycles. The van der Waals surface area contributed by atoms with Crippen LogP contribution in [0.25, 0.3) is 11.3 Å². The van der Waals surface area contributed by atoms with Gasteiger partial charge in [-0.1, -0.05) is 23.7 Å². The Morgan fingerprint density at radius 3 is 2.44 bits per heavy atom. The van der Waals surface area contributed by atoms with Gasteiger partial charge in [-0.15, -0.1) is 0 Å². The fraction of sp³-hybridized carbons (Fsp3) is 0.200. The summed E-state index contributed by atoms with van der Waals surface area (Å²) < 4.78 is 13.1. The highest BCUT2D eigenvalue weighted by Gasteiger charge is 2.24. The van der Waals surface area contributed by atoms with Gasteiger partial charge in [0.05, 0.1) is 16.4 Å². The SMILES string of the molecule is O=C(c1cc(-c2ccc(F)cc2)n[nH]1)N1CCN(c2ccccc2Cl)CC1. The van der Waals surface area contributed by atoms with Crippen molar-refractivity contribution in [2.24, 2.45) is 0 Å². The molecule has 0 radical (unpaired) electrons. The molecule has 0 unspecified atom stereocenters. The van der Waals surface area contributed by atoms with Crippen molar-refractivity contribution in [3.05, 3.63) is 71.1 Å². The van der Waals surface area contributed by atoms with Crippen LogP contribution in [0, 0.1) is 5.82 Å². The van der Waals surface area contributed by atoms with Gasteiger partial charge < -0.3 is 9.80 Å². The molecule has 7 heteroatoms. The Morgan fingerprint density at radius 2 is 1.74 bits per heavy atom. The van der Waals surface area contributed by atoms with Crippen LogP contribution in [0.3, 0.4) is 0 Å². The second-order valence-corrected chi connectivity index (χ2v) is 6.81. The quantitative estimate of drug-likeness (QED) is 0.746. The van der Waals surface area contributed by atoms with Crippen LogP contribution in [0.15, 0.2) is 54.6 Å². The lowest BCUT2D eigenvalue weighted by Gasteiger charge is -2.36. The molecule has 0 atom stereocenters. The molecule has 2 heterocycles. The molecule has 2 aromatic carbocycles. The fourth-order valence-corrected chi connectivity index (χ4v) is 3.48. The predicted octanol–water partition coefficient (Wildman–Crippen LogP) is 3.83. The third-order valence-electron chi connectivity index (χ3n) is 4.71. The molecule has 0 saturated carbocycles. The predicted molar refractivity (Wildman–Crippen MR) is 104 cm³/mol. The van der Waals surface area contributed by atoms with Crippen LogP contribution in [0.1, 0.15) is 10.5 Å². The van der Waals surface area contributed by atoms with Crippen LogP contribution in [-0.2, 0) is 0 Å². The van der Waals surface area contributed by atoms with Crippen molar-refractivity contribution in [1.82, 2.24) is 15.1 Å². The van der Waals surface area contributed by atoms with E-state index in [9.17, 15) is 9.18 Å². The van der Waals surface area contributed by atoms with Crippen LogP contribution in [0.5, 0.6) is 0 Å². The molecule has 0 spiro atoms. The number of rotatable bonds is 3. The van der Waals surface area contributed by atoms with Gasteiger partial charge in [0.1, 0.15) is 11.5 Å². The average Bonchev–Trinajstić information content (AvgIpc) is 3.19. The maximum absolute atomic E-state index is 13.1. The van der Waals surface area contributed by atoms with E-state index in [0.717, 1.165) is 16.3 Å². The number of aromatic nitrogens is 2. The van der Waals surface area contributed by atoms with E-state index in [1.165, 1.54) is 12.1 Å². The molecule has 1 aliphatic rings. The summed E-state index contributed by atoms with van der Waals surface area (Å²) in [6.45, 7) is 2.65. The maximum Gasteiger partial charge on any atom is 0.272 e. The standard InChI is InChI=1S/C20H18ClFN4O/c21-16-3-1-2-4-19(16)25-9-11-26(12-10-25)20(27)18-13-17(23-24-18)14-5-7-15(22)8-6-14/h1-8,13H,9-12H2,(H,23,24). The minimum Gasteiger partial charge on any atom is -0.367 e. The Hall–Kier alpha value is -2.86. The first-order valence-electron chi connectivity index (χ1n) is 8.72. The molecule has 0 bridgehead atoms. The summed E-state index contributed by atoms with van der Waals surface area (Å²) >= 11 is 6.26. The van der Waals surface area contributed by atoms with Crippen molar-refractivity contribution in [2.75, 3.05) is 31.1 Å².